The molecule has 2 rings (SSSR count). The maximum absolute atomic E-state index is 12.0. The lowest BCUT2D eigenvalue weighted by atomic mass is 9.98. The van der Waals surface area contributed by atoms with Crippen molar-refractivity contribution in [2.45, 2.75) is 32.7 Å². The number of hydrogen-bond acceptors (Lipinski definition) is 5. The fourth-order valence-corrected chi connectivity index (χ4v) is 2.34. The Morgan fingerprint density at radius 2 is 2.11 bits per heavy atom. The Labute approximate surface area is 106 Å². The molecule has 1 aromatic heterocycles. The number of anilines is 1. The zero-order valence-corrected chi connectivity index (χ0v) is 10.7. The van der Waals surface area contributed by atoms with Crippen molar-refractivity contribution in [3.05, 3.63) is 17.8 Å². The fourth-order valence-electron chi connectivity index (χ4n) is 2.34. The van der Waals surface area contributed by atoms with Crippen molar-refractivity contribution in [3.63, 3.8) is 0 Å². The minimum Gasteiger partial charge on any atom is -0.348 e. The summed E-state index contributed by atoms with van der Waals surface area (Å²) < 4.78 is 0. The number of nitrogens with zero attached hydrogens (tertiary/aromatic N) is 2. The molecule has 0 saturated heterocycles. The molecule has 0 bridgehead atoms. The molecular formula is C12H19N5O. The average molecular weight is 249 g/mol. The highest BCUT2D eigenvalue weighted by Gasteiger charge is 2.31. The second kappa shape index (κ2) is 5.30. The van der Waals surface area contributed by atoms with Crippen molar-refractivity contribution in [1.29, 1.82) is 0 Å². The minimum absolute atomic E-state index is 0.169. The Morgan fingerprint density at radius 1 is 1.33 bits per heavy atom. The average Bonchev–Trinajstić information content (AvgIpc) is 2.71. The Morgan fingerprint density at radius 3 is 2.61 bits per heavy atom. The lowest BCUT2D eigenvalue weighted by Gasteiger charge is -2.19. The molecule has 0 spiro atoms. The zero-order valence-electron chi connectivity index (χ0n) is 10.7. The van der Waals surface area contributed by atoms with E-state index >= 15 is 0 Å². The number of aromatic nitrogens is 2. The number of nitrogens with two attached hydrogens (primary N) is 1. The third-order valence-electron chi connectivity index (χ3n) is 3.83. The predicted molar refractivity (Wildman–Crippen MR) is 68.7 cm³/mol. The number of carbonyl (C=O) groups excluding carboxylic acids is 1. The monoisotopic (exact) mass is 249 g/mol. The smallest absolute Gasteiger partial charge is 0.272 e. The zero-order chi connectivity index (χ0) is 13.1. The first-order valence-electron chi connectivity index (χ1n) is 6.23. The lowest BCUT2D eigenvalue weighted by molar-refractivity contribution is 0.0921. The van der Waals surface area contributed by atoms with Gasteiger partial charge in [-0.2, -0.15) is 0 Å². The predicted octanol–water partition coefficient (Wildman–Crippen LogP) is 0.927. The van der Waals surface area contributed by atoms with E-state index < -0.39 is 0 Å². The number of carbonyl (C=O) groups is 1. The standard InChI is InChI=1S/C12H19N5O/c1-7-3-4-9(8(7)2)14-12(18)10-5-6-11(15-13)17-16-10/h5-9H,3-4,13H2,1-2H3,(H,14,18)(H,15,17). The Bertz CT molecular complexity index is 419. The van der Waals surface area contributed by atoms with Crippen LogP contribution in [0.15, 0.2) is 12.1 Å². The van der Waals surface area contributed by atoms with Gasteiger partial charge in [0, 0.05) is 6.04 Å². The van der Waals surface area contributed by atoms with Gasteiger partial charge in [0.2, 0.25) is 0 Å². The molecule has 3 unspecified atom stereocenters. The number of rotatable bonds is 3. The molecule has 1 aliphatic carbocycles. The van der Waals surface area contributed by atoms with E-state index in [2.05, 4.69) is 34.8 Å². The van der Waals surface area contributed by atoms with Gasteiger partial charge >= 0.3 is 0 Å². The fraction of sp³-hybridized carbons (Fsp3) is 0.583. The van der Waals surface area contributed by atoms with Gasteiger partial charge in [-0.25, -0.2) is 5.84 Å². The van der Waals surface area contributed by atoms with Crippen molar-refractivity contribution in [1.82, 2.24) is 15.5 Å². The van der Waals surface area contributed by atoms with Crippen LogP contribution in [-0.4, -0.2) is 22.1 Å². The molecule has 6 heteroatoms. The second-order valence-corrected chi connectivity index (χ2v) is 4.94. The molecule has 3 atom stereocenters. The van der Waals surface area contributed by atoms with Crippen LogP contribution >= 0.6 is 0 Å². The summed E-state index contributed by atoms with van der Waals surface area (Å²) in [5.74, 6) is 6.62. The van der Waals surface area contributed by atoms with Gasteiger partial charge < -0.3 is 10.7 Å². The highest BCUT2D eigenvalue weighted by molar-refractivity contribution is 5.92. The molecule has 4 N–H and O–H groups in total. The molecule has 1 heterocycles. The summed E-state index contributed by atoms with van der Waals surface area (Å²) in [6.45, 7) is 4.40. The van der Waals surface area contributed by atoms with Gasteiger partial charge in [0.15, 0.2) is 11.5 Å². The van der Waals surface area contributed by atoms with E-state index in [1.807, 2.05) is 0 Å². The van der Waals surface area contributed by atoms with Crippen molar-refractivity contribution in [3.8, 4) is 0 Å². The second-order valence-electron chi connectivity index (χ2n) is 4.94. The Balaban J connectivity index is 1.99. The molecule has 0 radical (unpaired) electrons. The molecule has 1 fully saturated rings. The topological polar surface area (TPSA) is 92.9 Å². The number of amides is 1. The van der Waals surface area contributed by atoms with E-state index in [-0.39, 0.29) is 11.9 Å². The van der Waals surface area contributed by atoms with Crippen molar-refractivity contribution in [2.24, 2.45) is 17.7 Å². The van der Waals surface area contributed by atoms with Crippen LogP contribution in [0.5, 0.6) is 0 Å². The summed E-state index contributed by atoms with van der Waals surface area (Å²) in [7, 11) is 0. The van der Waals surface area contributed by atoms with Crippen LogP contribution in [-0.2, 0) is 0 Å². The highest BCUT2D eigenvalue weighted by atomic mass is 16.2. The van der Waals surface area contributed by atoms with E-state index in [9.17, 15) is 4.79 Å². The molecule has 1 saturated carbocycles. The number of nitrogens with one attached hydrogen (secondary N) is 2. The maximum atomic E-state index is 12.0. The first-order valence-corrected chi connectivity index (χ1v) is 6.23. The van der Waals surface area contributed by atoms with Crippen molar-refractivity contribution < 1.29 is 4.79 Å². The van der Waals surface area contributed by atoms with E-state index in [1.165, 1.54) is 0 Å². The molecular weight excluding hydrogens is 230 g/mol. The molecule has 1 aromatic rings. The van der Waals surface area contributed by atoms with Gasteiger partial charge in [0.05, 0.1) is 0 Å². The van der Waals surface area contributed by atoms with E-state index in [4.69, 9.17) is 5.84 Å². The van der Waals surface area contributed by atoms with E-state index in [0.717, 1.165) is 12.8 Å². The van der Waals surface area contributed by atoms with Crippen molar-refractivity contribution >= 4 is 11.7 Å². The third kappa shape index (κ3) is 2.59. The van der Waals surface area contributed by atoms with Crippen LogP contribution in [0.4, 0.5) is 5.82 Å². The SMILES string of the molecule is CC1CCC(NC(=O)c2ccc(NN)nn2)C1C. The van der Waals surface area contributed by atoms with Gasteiger partial charge in [0.25, 0.3) is 5.91 Å². The molecule has 1 aliphatic rings. The summed E-state index contributed by atoms with van der Waals surface area (Å²) in [6.07, 6.45) is 2.19. The van der Waals surface area contributed by atoms with Crippen LogP contribution in [0.1, 0.15) is 37.2 Å². The minimum atomic E-state index is -0.169. The lowest BCUT2D eigenvalue weighted by Crippen LogP contribution is -2.37. The van der Waals surface area contributed by atoms with Gasteiger partial charge in [-0.15, -0.1) is 10.2 Å². The molecule has 0 aliphatic heterocycles. The molecule has 6 nitrogen and oxygen atoms in total. The number of hydrazine groups is 1. The van der Waals surface area contributed by atoms with Crippen LogP contribution in [0.25, 0.3) is 0 Å². The van der Waals surface area contributed by atoms with E-state index in [0.29, 0.717) is 23.3 Å². The summed E-state index contributed by atoms with van der Waals surface area (Å²) in [5, 5.41) is 10.6. The molecule has 0 aromatic carbocycles. The Hall–Kier alpha value is -1.69. The number of hydrogen-bond donors (Lipinski definition) is 3. The summed E-state index contributed by atoms with van der Waals surface area (Å²) >= 11 is 0. The first kappa shape index (κ1) is 12.8. The maximum Gasteiger partial charge on any atom is 0.272 e. The normalized spacial score (nSPS) is 26.9. The van der Waals surface area contributed by atoms with Gasteiger partial charge in [0.1, 0.15) is 0 Å². The Kier molecular flexibility index (Phi) is 3.76. The molecule has 18 heavy (non-hydrogen) atoms. The highest BCUT2D eigenvalue weighted by Crippen LogP contribution is 2.31. The van der Waals surface area contributed by atoms with Gasteiger partial charge in [-0.05, 0) is 36.8 Å². The quantitative estimate of drug-likeness (QED) is 0.547. The van der Waals surface area contributed by atoms with Crippen LogP contribution in [0, 0.1) is 11.8 Å². The first-order chi connectivity index (χ1) is 8.61. The number of nitrogen functional groups attached to an aromatic ring is 1. The van der Waals surface area contributed by atoms with E-state index in [1.54, 1.807) is 12.1 Å². The van der Waals surface area contributed by atoms with Crippen LogP contribution < -0.4 is 16.6 Å². The molecule has 98 valence electrons. The summed E-state index contributed by atoms with van der Waals surface area (Å²) in [4.78, 5) is 12.0. The summed E-state index contributed by atoms with van der Waals surface area (Å²) in [5.41, 5.74) is 2.69. The van der Waals surface area contributed by atoms with Gasteiger partial charge in [-0.3, -0.25) is 4.79 Å². The van der Waals surface area contributed by atoms with Crippen molar-refractivity contribution in [2.75, 3.05) is 5.43 Å². The largest absolute Gasteiger partial charge is 0.348 e. The van der Waals surface area contributed by atoms with Crippen LogP contribution in [0.3, 0.4) is 0 Å². The summed E-state index contributed by atoms with van der Waals surface area (Å²) in [6, 6.07) is 3.48. The third-order valence-corrected chi connectivity index (χ3v) is 3.83. The van der Waals surface area contributed by atoms with Crippen LogP contribution in [0.2, 0.25) is 0 Å². The van der Waals surface area contributed by atoms with Gasteiger partial charge in [-0.1, -0.05) is 13.8 Å². The molecule has 1 amide bonds.